The molecule has 1 aliphatic rings. The summed E-state index contributed by atoms with van der Waals surface area (Å²) in [5, 5.41) is 6.63. The van der Waals surface area contributed by atoms with Crippen molar-refractivity contribution in [1.29, 1.82) is 0 Å². The molecule has 0 aliphatic heterocycles. The summed E-state index contributed by atoms with van der Waals surface area (Å²) in [5.41, 5.74) is 2.12. The van der Waals surface area contributed by atoms with Gasteiger partial charge in [-0.25, -0.2) is 4.39 Å². The summed E-state index contributed by atoms with van der Waals surface area (Å²) < 4.78 is 13.5. The van der Waals surface area contributed by atoms with Crippen molar-refractivity contribution >= 4 is 5.96 Å². The summed E-state index contributed by atoms with van der Waals surface area (Å²) in [6, 6.07) is 12.9. The van der Waals surface area contributed by atoms with E-state index in [2.05, 4.69) is 22.5 Å². The Kier molecular flexibility index (Phi) is 5.64. The molecule has 1 aromatic heterocycles. The molecule has 1 heterocycles. The number of aromatic nitrogens is 1. The first kappa shape index (κ1) is 17.4. The minimum absolute atomic E-state index is 0.00539. The van der Waals surface area contributed by atoms with Crippen LogP contribution >= 0.6 is 0 Å². The van der Waals surface area contributed by atoms with Crippen LogP contribution in [0.5, 0.6) is 0 Å². The van der Waals surface area contributed by atoms with Crippen LogP contribution in [0.15, 0.2) is 53.7 Å². The van der Waals surface area contributed by atoms with Crippen LogP contribution < -0.4 is 10.6 Å². The molecule has 1 aliphatic carbocycles. The van der Waals surface area contributed by atoms with Gasteiger partial charge < -0.3 is 10.6 Å². The molecule has 2 aromatic rings. The van der Waals surface area contributed by atoms with Crippen LogP contribution in [0.4, 0.5) is 4.39 Å². The third-order valence-corrected chi connectivity index (χ3v) is 4.57. The fraction of sp³-hybridized carbons (Fsp3) is 0.400. The molecular formula is C20H25FN4. The fourth-order valence-corrected chi connectivity index (χ4v) is 2.93. The Bertz CT molecular complexity index is 711. The fourth-order valence-electron chi connectivity index (χ4n) is 2.93. The quantitative estimate of drug-likeness (QED) is 0.602. The Morgan fingerprint density at radius 2 is 2.08 bits per heavy atom. The van der Waals surface area contributed by atoms with Gasteiger partial charge in [0.1, 0.15) is 5.82 Å². The number of benzene rings is 1. The van der Waals surface area contributed by atoms with Gasteiger partial charge in [0.25, 0.3) is 0 Å². The van der Waals surface area contributed by atoms with Crippen molar-refractivity contribution < 1.29 is 4.39 Å². The van der Waals surface area contributed by atoms with E-state index in [0.717, 1.165) is 49.6 Å². The summed E-state index contributed by atoms with van der Waals surface area (Å²) in [5.74, 6) is 0.634. The largest absolute Gasteiger partial charge is 0.357 e. The van der Waals surface area contributed by atoms with Crippen molar-refractivity contribution in [3.8, 4) is 0 Å². The van der Waals surface area contributed by atoms with Crippen LogP contribution in [0.25, 0.3) is 0 Å². The van der Waals surface area contributed by atoms with Crippen molar-refractivity contribution in [2.45, 2.75) is 31.6 Å². The molecule has 0 unspecified atom stereocenters. The second-order valence-electron chi connectivity index (χ2n) is 6.48. The van der Waals surface area contributed by atoms with Gasteiger partial charge in [-0.2, -0.15) is 0 Å². The van der Waals surface area contributed by atoms with E-state index in [1.54, 1.807) is 12.1 Å². The molecule has 4 nitrogen and oxygen atoms in total. The van der Waals surface area contributed by atoms with Crippen LogP contribution in [-0.4, -0.2) is 30.6 Å². The molecule has 0 bridgehead atoms. The molecule has 25 heavy (non-hydrogen) atoms. The minimum atomic E-state index is -0.173. The Morgan fingerprint density at radius 1 is 1.20 bits per heavy atom. The Labute approximate surface area is 148 Å². The lowest BCUT2D eigenvalue weighted by molar-refractivity contribution is 0.615. The van der Waals surface area contributed by atoms with Crippen molar-refractivity contribution in [3.05, 3.63) is 65.7 Å². The zero-order valence-corrected chi connectivity index (χ0v) is 14.6. The van der Waals surface area contributed by atoms with E-state index in [1.807, 2.05) is 30.5 Å². The number of hydrogen-bond donors (Lipinski definition) is 2. The molecule has 0 saturated heterocycles. The molecular weight excluding hydrogens is 315 g/mol. The highest BCUT2D eigenvalue weighted by Crippen LogP contribution is 2.48. The highest BCUT2D eigenvalue weighted by Gasteiger charge is 2.44. The predicted octanol–water partition coefficient (Wildman–Crippen LogP) is 3.05. The van der Waals surface area contributed by atoms with E-state index < -0.39 is 0 Å². The molecule has 132 valence electrons. The standard InChI is InChI=1S/C20H25FN4/c1-2-22-19(24-13-9-18-8-3-4-12-23-18)25-15-20(10-11-20)16-6-5-7-17(21)14-16/h3-8,12,14H,2,9-11,13,15H2,1H3,(H2,22,24,25). The molecule has 1 saturated carbocycles. The number of pyridine rings is 1. The maximum absolute atomic E-state index is 13.5. The smallest absolute Gasteiger partial charge is 0.191 e. The van der Waals surface area contributed by atoms with Crippen molar-refractivity contribution in [1.82, 2.24) is 15.6 Å². The molecule has 0 radical (unpaired) electrons. The molecule has 5 heteroatoms. The minimum Gasteiger partial charge on any atom is -0.357 e. The number of halogens is 1. The van der Waals surface area contributed by atoms with Crippen molar-refractivity contribution in [2.75, 3.05) is 19.6 Å². The zero-order valence-electron chi connectivity index (χ0n) is 14.6. The van der Waals surface area contributed by atoms with Gasteiger partial charge in [-0.05, 0) is 49.6 Å². The summed E-state index contributed by atoms with van der Waals surface area (Å²) in [7, 11) is 0. The van der Waals surface area contributed by atoms with E-state index in [9.17, 15) is 4.39 Å². The number of guanidine groups is 1. The number of aliphatic imine (C=N–C) groups is 1. The Balaban J connectivity index is 1.58. The monoisotopic (exact) mass is 340 g/mol. The van der Waals surface area contributed by atoms with Gasteiger partial charge in [-0.15, -0.1) is 0 Å². The lowest BCUT2D eigenvalue weighted by Crippen LogP contribution is -2.39. The normalized spacial score (nSPS) is 15.7. The Hall–Kier alpha value is -2.43. The van der Waals surface area contributed by atoms with E-state index in [4.69, 9.17) is 4.99 Å². The lowest BCUT2D eigenvalue weighted by atomic mass is 9.96. The molecule has 2 N–H and O–H groups in total. The van der Waals surface area contributed by atoms with E-state index in [1.165, 1.54) is 6.07 Å². The van der Waals surface area contributed by atoms with Gasteiger partial charge in [-0.3, -0.25) is 9.98 Å². The maximum atomic E-state index is 13.5. The van der Waals surface area contributed by atoms with Crippen LogP contribution in [0.3, 0.4) is 0 Å². The van der Waals surface area contributed by atoms with Crippen molar-refractivity contribution in [3.63, 3.8) is 0 Å². The molecule has 3 rings (SSSR count). The van der Waals surface area contributed by atoms with Gasteiger partial charge in [0.2, 0.25) is 0 Å². The average molecular weight is 340 g/mol. The average Bonchev–Trinajstić information content (AvgIpc) is 3.42. The third-order valence-electron chi connectivity index (χ3n) is 4.57. The van der Waals surface area contributed by atoms with Gasteiger partial charge in [-0.1, -0.05) is 18.2 Å². The molecule has 0 amide bonds. The zero-order chi connectivity index (χ0) is 17.5. The number of rotatable bonds is 7. The second-order valence-corrected chi connectivity index (χ2v) is 6.48. The second kappa shape index (κ2) is 8.10. The number of nitrogens with one attached hydrogen (secondary N) is 2. The van der Waals surface area contributed by atoms with E-state index >= 15 is 0 Å². The van der Waals surface area contributed by atoms with Crippen LogP contribution in [0.2, 0.25) is 0 Å². The Morgan fingerprint density at radius 3 is 2.76 bits per heavy atom. The van der Waals surface area contributed by atoms with Crippen LogP contribution in [0, 0.1) is 5.82 Å². The lowest BCUT2D eigenvalue weighted by Gasteiger charge is -2.16. The van der Waals surface area contributed by atoms with Gasteiger partial charge >= 0.3 is 0 Å². The van der Waals surface area contributed by atoms with Gasteiger partial charge in [0.15, 0.2) is 5.96 Å². The van der Waals surface area contributed by atoms with Crippen LogP contribution in [0.1, 0.15) is 31.0 Å². The first-order valence-corrected chi connectivity index (χ1v) is 8.90. The molecule has 0 atom stereocenters. The van der Waals surface area contributed by atoms with Gasteiger partial charge in [0.05, 0.1) is 6.54 Å². The summed E-state index contributed by atoms with van der Waals surface area (Å²) in [6.45, 7) is 4.31. The SMILES string of the molecule is CCNC(=NCC1(c2cccc(F)c2)CC1)NCCc1ccccn1. The predicted molar refractivity (Wildman–Crippen MR) is 99.2 cm³/mol. The first-order chi connectivity index (χ1) is 12.2. The summed E-state index contributed by atoms with van der Waals surface area (Å²) >= 11 is 0. The van der Waals surface area contributed by atoms with Crippen molar-refractivity contribution in [2.24, 2.45) is 4.99 Å². The third kappa shape index (κ3) is 4.78. The van der Waals surface area contributed by atoms with Crippen LogP contribution in [-0.2, 0) is 11.8 Å². The molecule has 1 aromatic carbocycles. The highest BCUT2D eigenvalue weighted by molar-refractivity contribution is 5.79. The van der Waals surface area contributed by atoms with E-state index in [0.29, 0.717) is 6.54 Å². The number of hydrogen-bond acceptors (Lipinski definition) is 2. The molecule has 1 fully saturated rings. The number of nitrogens with zero attached hydrogens (tertiary/aromatic N) is 2. The summed E-state index contributed by atoms with van der Waals surface area (Å²) in [6.07, 6.45) is 4.78. The summed E-state index contributed by atoms with van der Waals surface area (Å²) in [4.78, 5) is 9.07. The topological polar surface area (TPSA) is 49.3 Å². The molecule has 0 spiro atoms. The maximum Gasteiger partial charge on any atom is 0.191 e. The first-order valence-electron chi connectivity index (χ1n) is 8.90. The van der Waals surface area contributed by atoms with E-state index in [-0.39, 0.29) is 11.2 Å². The van der Waals surface area contributed by atoms with Gasteiger partial charge in [0, 0.05) is 36.8 Å². The highest BCUT2D eigenvalue weighted by atomic mass is 19.1.